The van der Waals surface area contributed by atoms with E-state index in [4.69, 9.17) is 4.42 Å². The van der Waals surface area contributed by atoms with E-state index < -0.39 is 0 Å². The summed E-state index contributed by atoms with van der Waals surface area (Å²) in [5.41, 5.74) is 1.20. The lowest BCUT2D eigenvalue weighted by molar-refractivity contribution is 0.269. The summed E-state index contributed by atoms with van der Waals surface area (Å²) in [6.07, 6.45) is 4.91. The first-order chi connectivity index (χ1) is 7.80. The molecule has 0 aliphatic carbocycles. The molecule has 1 aromatic rings. The zero-order chi connectivity index (χ0) is 11.8. The Labute approximate surface area is 98.1 Å². The second-order valence-electron chi connectivity index (χ2n) is 3.98. The molecule has 0 saturated heterocycles. The topological polar surface area (TPSA) is 28.4 Å². The summed E-state index contributed by atoms with van der Waals surface area (Å²) < 4.78 is 5.52. The highest BCUT2D eigenvalue weighted by molar-refractivity contribution is 5.12. The van der Waals surface area contributed by atoms with Crippen molar-refractivity contribution >= 4 is 0 Å². The number of nitrogens with one attached hydrogen (secondary N) is 1. The Morgan fingerprint density at radius 2 is 2.38 bits per heavy atom. The molecule has 1 heterocycles. The third-order valence-corrected chi connectivity index (χ3v) is 2.40. The normalized spacial score (nSPS) is 10.9. The maximum absolute atomic E-state index is 5.52. The fourth-order valence-electron chi connectivity index (χ4n) is 1.76. The zero-order valence-corrected chi connectivity index (χ0v) is 10.3. The maximum Gasteiger partial charge on any atom is 0.118 e. The average Bonchev–Trinajstić information content (AvgIpc) is 2.67. The van der Waals surface area contributed by atoms with E-state index >= 15 is 0 Å². The molecule has 0 unspecified atom stereocenters. The Morgan fingerprint density at radius 3 is 3.00 bits per heavy atom. The van der Waals surface area contributed by atoms with Gasteiger partial charge in [-0.05, 0) is 26.1 Å². The fraction of sp³-hybridized carbons (Fsp3) is 0.538. The van der Waals surface area contributed by atoms with E-state index in [0.29, 0.717) is 0 Å². The van der Waals surface area contributed by atoms with Gasteiger partial charge in [0.2, 0.25) is 0 Å². The van der Waals surface area contributed by atoms with Crippen molar-refractivity contribution in [3.63, 3.8) is 0 Å². The molecular formula is C13H22N2O. The van der Waals surface area contributed by atoms with Crippen molar-refractivity contribution in [2.75, 3.05) is 20.1 Å². The first-order valence-electron chi connectivity index (χ1n) is 5.84. The molecule has 0 fully saturated rings. The Hall–Kier alpha value is -1.06. The van der Waals surface area contributed by atoms with Crippen molar-refractivity contribution in [3.05, 3.63) is 36.3 Å². The molecule has 1 rings (SSSR count). The monoisotopic (exact) mass is 222 g/mol. The predicted molar refractivity (Wildman–Crippen MR) is 67.2 cm³/mol. The fourth-order valence-corrected chi connectivity index (χ4v) is 1.76. The van der Waals surface area contributed by atoms with E-state index in [1.165, 1.54) is 5.56 Å². The van der Waals surface area contributed by atoms with Crippen LogP contribution >= 0.6 is 0 Å². The summed E-state index contributed by atoms with van der Waals surface area (Å²) in [4.78, 5) is 2.33. The minimum absolute atomic E-state index is 0.860. The number of rotatable bonds is 8. The van der Waals surface area contributed by atoms with Gasteiger partial charge in [-0.2, -0.15) is 0 Å². The van der Waals surface area contributed by atoms with E-state index in [-0.39, 0.29) is 0 Å². The van der Waals surface area contributed by atoms with Crippen LogP contribution in [0.2, 0.25) is 0 Å². The van der Waals surface area contributed by atoms with Crippen LogP contribution < -0.4 is 5.32 Å². The molecule has 90 valence electrons. The Balaban J connectivity index is 2.51. The minimum atomic E-state index is 0.860. The van der Waals surface area contributed by atoms with E-state index in [1.807, 2.05) is 19.4 Å². The van der Waals surface area contributed by atoms with Crippen molar-refractivity contribution < 1.29 is 4.42 Å². The predicted octanol–water partition coefficient (Wildman–Crippen LogP) is 2.40. The van der Waals surface area contributed by atoms with Gasteiger partial charge < -0.3 is 9.73 Å². The molecule has 3 nitrogen and oxygen atoms in total. The summed E-state index contributed by atoms with van der Waals surface area (Å²) in [5, 5.41) is 3.11. The molecule has 0 aromatic carbocycles. The Bertz CT molecular complexity index is 307. The molecule has 0 radical (unpaired) electrons. The summed E-state index contributed by atoms with van der Waals surface area (Å²) in [7, 11) is 1.94. The second kappa shape index (κ2) is 7.25. The van der Waals surface area contributed by atoms with E-state index in [0.717, 1.165) is 38.4 Å². The van der Waals surface area contributed by atoms with E-state index in [9.17, 15) is 0 Å². The molecule has 1 aromatic heterocycles. The third kappa shape index (κ3) is 4.21. The van der Waals surface area contributed by atoms with Crippen LogP contribution in [0.1, 0.15) is 24.7 Å². The molecule has 0 aliphatic rings. The first kappa shape index (κ1) is 13.0. The highest BCUT2D eigenvalue weighted by Crippen LogP contribution is 2.10. The largest absolute Gasteiger partial charge is 0.468 e. The summed E-state index contributed by atoms with van der Waals surface area (Å²) in [6, 6.07) is 2.11. The Kier molecular flexibility index (Phi) is 5.90. The SMILES string of the molecule is C=CCN(CCC)Cc1cc(CNC)co1. The van der Waals surface area contributed by atoms with Crippen LogP contribution in [0.15, 0.2) is 29.4 Å². The second-order valence-corrected chi connectivity index (χ2v) is 3.98. The van der Waals surface area contributed by atoms with Gasteiger partial charge in [0.25, 0.3) is 0 Å². The first-order valence-corrected chi connectivity index (χ1v) is 5.84. The molecule has 16 heavy (non-hydrogen) atoms. The van der Waals surface area contributed by atoms with Gasteiger partial charge in [-0.15, -0.1) is 6.58 Å². The van der Waals surface area contributed by atoms with Crippen molar-refractivity contribution in [2.45, 2.75) is 26.4 Å². The van der Waals surface area contributed by atoms with Crippen LogP contribution in [-0.4, -0.2) is 25.0 Å². The van der Waals surface area contributed by atoms with E-state index in [1.54, 1.807) is 0 Å². The van der Waals surface area contributed by atoms with Gasteiger partial charge in [-0.25, -0.2) is 0 Å². The van der Waals surface area contributed by atoms with Crippen molar-refractivity contribution in [3.8, 4) is 0 Å². The van der Waals surface area contributed by atoms with Crippen LogP contribution in [0.5, 0.6) is 0 Å². The highest BCUT2D eigenvalue weighted by Gasteiger charge is 2.06. The Morgan fingerprint density at radius 1 is 1.56 bits per heavy atom. The molecule has 3 heteroatoms. The number of hydrogen-bond donors (Lipinski definition) is 1. The summed E-state index contributed by atoms with van der Waals surface area (Å²) >= 11 is 0. The van der Waals surface area contributed by atoms with Crippen LogP contribution in [-0.2, 0) is 13.1 Å². The van der Waals surface area contributed by atoms with Crippen LogP contribution in [0.4, 0.5) is 0 Å². The van der Waals surface area contributed by atoms with Gasteiger partial charge in [-0.3, -0.25) is 4.90 Å². The molecule has 0 spiro atoms. The van der Waals surface area contributed by atoms with Gasteiger partial charge in [0.15, 0.2) is 0 Å². The van der Waals surface area contributed by atoms with Crippen molar-refractivity contribution in [1.82, 2.24) is 10.2 Å². The molecule has 1 N–H and O–H groups in total. The van der Waals surface area contributed by atoms with Gasteiger partial charge in [0.1, 0.15) is 5.76 Å². The van der Waals surface area contributed by atoms with Gasteiger partial charge in [-0.1, -0.05) is 13.0 Å². The molecule has 0 bridgehead atoms. The minimum Gasteiger partial charge on any atom is -0.468 e. The molecule has 0 aliphatic heterocycles. The maximum atomic E-state index is 5.52. The molecule has 0 atom stereocenters. The molecule has 0 amide bonds. The lowest BCUT2D eigenvalue weighted by atomic mass is 10.3. The van der Waals surface area contributed by atoms with Gasteiger partial charge >= 0.3 is 0 Å². The average molecular weight is 222 g/mol. The molecule has 0 saturated carbocycles. The van der Waals surface area contributed by atoms with Crippen LogP contribution in [0, 0.1) is 0 Å². The quantitative estimate of drug-likeness (QED) is 0.685. The smallest absolute Gasteiger partial charge is 0.118 e. The van der Waals surface area contributed by atoms with Gasteiger partial charge in [0, 0.05) is 18.7 Å². The number of hydrogen-bond acceptors (Lipinski definition) is 3. The van der Waals surface area contributed by atoms with Crippen molar-refractivity contribution in [1.29, 1.82) is 0 Å². The zero-order valence-electron chi connectivity index (χ0n) is 10.3. The highest BCUT2D eigenvalue weighted by atomic mass is 16.3. The number of nitrogens with zero attached hydrogens (tertiary/aromatic N) is 1. The standard InChI is InChI=1S/C13H22N2O/c1-4-6-15(7-5-2)10-13-8-12(9-14-3)11-16-13/h4,8,11,14H,1,5-7,9-10H2,2-3H3. The van der Waals surface area contributed by atoms with Crippen LogP contribution in [0.3, 0.4) is 0 Å². The van der Waals surface area contributed by atoms with Crippen LogP contribution in [0.25, 0.3) is 0 Å². The molecular weight excluding hydrogens is 200 g/mol. The van der Waals surface area contributed by atoms with Gasteiger partial charge in [0.05, 0.1) is 12.8 Å². The lowest BCUT2D eigenvalue weighted by Gasteiger charge is -2.17. The lowest BCUT2D eigenvalue weighted by Crippen LogP contribution is -2.23. The third-order valence-electron chi connectivity index (χ3n) is 2.40. The van der Waals surface area contributed by atoms with Crippen molar-refractivity contribution in [2.24, 2.45) is 0 Å². The summed E-state index contributed by atoms with van der Waals surface area (Å²) in [5.74, 6) is 1.03. The number of furan rings is 1. The van der Waals surface area contributed by atoms with E-state index in [2.05, 4.69) is 29.8 Å². The summed E-state index contributed by atoms with van der Waals surface area (Å²) in [6.45, 7) is 9.68.